The molecule has 0 bridgehead atoms. The normalized spacial score (nSPS) is 13.7. The van der Waals surface area contributed by atoms with Crippen LogP contribution in [-0.2, 0) is 19.1 Å². The van der Waals surface area contributed by atoms with Gasteiger partial charge in [0.05, 0.1) is 0 Å². The number of hydrogen-bond donors (Lipinski definition) is 4. The SMILES string of the molecule is CC(C)C(NC(=O)OC(C)(C)C)C(=O)NCCCNC(=O)C(NC(=O)OC(C)(C)C)C(C)C. The molecule has 2 atom stereocenters. The second-order valence-electron chi connectivity index (χ2n) is 10.7. The first-order valence-electron chi connectivity index (χ1n) is 11.5. The van der Waals surface area contributed by atoms with Crippen molar-refractivity contribution in [3.05, 3.63) is 0 Å². The highest BCUT2D eigenvalue weighted by atomic mass is 16.6. The van der Waals surface area contributed by atoms with Crippen molar-refractivity contribution in [2.45, 2.75) is 98.9 Å². The van der Waals surface area contributed by atoms with Gasteiger partial charge in [0.15, 0.2) is 0 Å². The highest BCUT2D eigenvalue weighted by Gasteiger charge is 2.28. The van der Waals surface area contributed by atoms with Gasteiger partial charge in [0.1, 0.15) is 23.3 Å². The van der Waals surface area contributed by atoms with Crippen LogP contribution in [0.5, 0.6) is 0 Å². The van der Waals surface area contributed by atoms with Gasteiger partial charge in [-0.25, -0.2) is 9.59 Å². The van der Waals surface area contributed by atoms with Crippen molar-refractivity contribution in [3.8, 4) is 0 Å². The first kappa shape index (κ1) is 30.5. The minimum Gasteiger partial charge on any atom is -0.444 e. The summed E-state index contributed by atoms with van der Waals surface area (Å²) in [7, 11) is 0. The number of carbonyl (C=O) groups excluding carboxylic acids is 4. The van der Waals surface area contributed by atoms with Gasteiger partial charge >= 0.3 is 12.2 Å². The van der Waals surface area contributed by atoms with Crippen molar-refractivity contribution in [2.24, 2.45) is 11.8 Å². The maximum atomic E-state index is 12.5. The standard InChI is InChI=1S/C23H44N4O6/c1-14(2)16(26-20(30)32-22(5,6)7)18(28)24-12-11-13-25-19(29)17(15(3)4)27-21(31)33-23(8,9)10/h14-17H,11-13H2,1-10H3,(H,24,28)(H,25,29)(H,26,30)(H,27,31). The quantitative estimate of drug-likeness (QED) is 0.361. The molecule has 0 aliphatic heterocycles. The summed E-state index contributed by atoms with van der Waals surface area (Å²) in [6.07, 6.45) is -0.826. The first-order valence-corrected chi connectivity index (χ1v) is 11.5. The summed E-state index contributed by atoms with van der Waals surface area (Å²) in [6, 6.07) is -1.48. The zero-order valence-electron chi connectivity index (χ0n) is 21.9. The monoisotopic (exact) mass is 472 g/mol. The molecule has 0 saturated carbocycles. The fourth-order valence-corrected chi connectivity index (χ4v) is 2.67. The van der Waals surface area contributed by atoms with Crippen LogP contribution in [-0.4, -0.2) is 60.4 Å². The van der Waals surface area contributed by atoms with Gasteiger partial charge in [-0.05, 0) is 59.8 Å². The number of nitrogens with one attached hydrogen (secondary N) is 4. The minimum atomic E-state index is -0.738. The molecule has 10 heteroatoms. The number of alkyl carbamates (subject to hydrolysis) is 2. The third-order valence-electron chi connectivity index (χ3n) is 4.19. The van der Waals surface area contributed by atoms with Gasteiger partial charge in [-0.3, -0.25) is 9.59 Å². The maximum absolute atomic E-state index is 12.5. The summed E-state index contributed by atoms with van der Waals surface area (Å²) in [4.78, 5) is 49.0. The Morgan fingerprint density at radius 2 is 0.939 bits per heavy atom. The van der Waals surface area contributed by atoms with Gasteiger partial charge in [-0.2, -0.15) is 0 Å². The van der Waals surface area contributed by atoms with Gasteiger partial charge in [-0.1, -0.05) is 27.7 Å². The first-order chi connectivity index (χ1) is 14.9. The number of ether oxygens (including phenoxy) is 2. The molecular formula is C23H44N4O6. The lowest BCUT2D eigenvalue weighted by Gasteiger charge is -2.25. The zero-order chi connectivity index (χ0) is 26.0. The van der Waals surface area contributed by atoms with Crippen molar-refractivity contribution < 1.29 is 28.7 Å². The molecule has 2 unspecified atom stereocenters. The fourth-order valence-electron chi connectivity index (χ4n) is 2.67. The maximum Gasteiger partial charge on any atom is 0.408 e. The van der Waals surface area contributed by atoms with Gasteiger partial charge in [-0.15, -0.1) is 0 Å². The minimum absolute atomic E-state index is 0.136. The third kappa shape index (κ3) is 14.3. The van der Waals surface area contributed by atoms with Gasteiger partial charge < -0.3 is 30.7 Å². The molecule has 192 valence electrons. The molecule has 0 aromatic heterocycles. The van der Waals surface area contributed by atoms with Crippen LogP contribution < -0.4 is 21.3 Å². The van der Waals surface area contributed by atoms with Crippen molar-refractivity contribution in [1.29, 1.82) is 0 Å². The van der Waals surface area contributed by atoms with E-state index >= 15 is 0 Å². The summed E-state index contributed by atoms with van der Waals surface area (Å²) < 4.78 is 10.4. The largest absolute Gasteiger partial charge is 0.444 e. The number of amides is 4. The van der Waals surface area contributed by atoms with E-state index in [0.717, 1.165) is 0 Å². The highest BCUT2D eigenvalue weighted by Crippen LogP contribution is 2.10. The van der Waals surface area contributed by atoms with E-state index in [0.29, 0.717) is 19.5 Å². The van der Waals surface area contributed by atoms with Crippen LogP contribution in [0.4, 0.5) is 9.59 Å². The smallest absolute Gasteiger partial charge is 0.408 e. The zero-order valence-corrected chi connectivity index (χ0v) is 21.9. The second kappa shape index (κ2) is 13.3. The molecular weight excluding hydrogens is 428 g/mol. The molecule has 0 aliphatic rings. The van der Waals surface area contributed by atoms with Crippen LogP contribution in [0.25, 0.3) is 0 Å². The summed E-state index contributed by atoms with van der Waals surface area (Å²) >= 11 is 0. The molecule has 0 radical (unpaired) electrons. The van der Waals surface area contributed by atoms with E-state index in [1.54, 1.807) is 41.5 Å². The number of carbonyl (C=O) groups is 4. The van der Waals surface area contributed by atoms with Gasteiger partial charge in [0.2, 0.25) is 11.8 Å². The van der Waals surface area contributed by atoms with Crippen molar-refractivity contribution in [1.82, 2.24) is 21.3 Å². The fraction of sp³-hybridized carbons (Fsp3) is 0.826. The third-order valence-corrected chi connectivity index (χ3v) is 4.19. The number of rotatable bonds is 10. The van der Waals surface area contributed by atoms with Crippen LogP contribution >= 0.6 is 0 Å². The predicted octanol–water partition coefficient (Wildman–Crippen LogP) is 2.71. The molecule has 10 nitrogen and oxygen atoms in total. The molecule has 0 heterocycles. The Kier molecular flexibility index (Phi) is 12.2. The van der Waals surface area contributed by atoms with Crippen LogP contribution in [0.15, 0.2) is 0 Å². The Morgan fingerprint density at radius 1 is 0.636 bits per heavy atom. The Labute approximate surface area is 198 Å². The van der Waals surface area contributed by atoms with Crippen LogP contribution in [0.3, 0.4) is 0 Å². The molecule has 0 saturated heterocycles. The molecule has 0 fully saturated rings. The summed E-state index contributed by atoms with van der Waals surface area (Å²) in [5.41, 5.74) is -1.32. The van der Waals surface area contributed by atoms with E-state index in [2.05, 4.69) is 21.3 Å². The Hall–Kier alpha value is -2.52. The van der Waals surface area contributed by atoms with E-state index in [-0.39, 0.29) is 23.7 Å². The summed E-state index contributed by atoms with van der Waals surface area (Å²) in [5, 5.41) is 10.7. The van der Waals surface area contributed by atoms with E-state index in [9.17, 15) is 19.2 Å². The van der Waals surface area contributed by atoms with E-state index < -0.39 is 35.5 Å². The number of hydrogen-bond acceptors (Lipinski definition) is 6. The predicted molar refractivity (Wildman–Crippen MR) is 127 cm³/mol. The highest BCUT2D eigenvalue weighted by molar-refractivity contribution is 5.86. The molecule has 0 aromatic rings. The lowest BCUT2D eigenvalue weighted by Crippen LogP contribution is -2.52. The summed E-state index contributed by atoms with van der Waals surface area (Å²) in [5.74, 6) is -0.923. The molecule has 0 rings (SSSR count). The second-order valence-corrected chi connectivity index (χ2v) is 10.7. The Morgan fingerprint density at radius 3 is 1.18 bits per heavy atom. The molecule has 4 N–H and O–H groups in total. The van der Waals surface area contributed by atoms with Crippen molar-refractivity contribution in [2.75, 3.05) is 13.1 Å². The Balaban J connectivity index is 4.55. The molecule has 33 heavy (non-hydrogen) atoms. The summed E-state index contributed by atoms with van der Waals surface area (Å²) in [6.45, 7) is 18.4. The van der Waals surface area contributed by atoms with Crippen LogP contribution in [0, 0.1) is 11.8 Å². The Bertz CT molecular complexity index is 609. The topological polar surface area (TPSA) is 135 Å². The lowest BCUT2D eigenvalue weighted by atomic mass is 10.0. The van der Waals surface area contributed by atoms with Gasteiger partial charge in [0.25, 0.3) is 0 Å². The molecule has 0 spiro atoms. The van der Waals surface area contributed by atoms with E-state index in [1.807, 2.05) is 27.7 Å². The molecule has 0 aliphatic carbocycles. The van der Waals surface area contributed by atoms with Gasteiger partial charge in [0, 0.05) is 13.1 Å². The average Bonchev–Trinajstić information content (AvgIpc) is 2.60. The van der Waals surface area contributed by atoms with Crippen molar-refractivity contribution in [3.63, 3.8) is 0 Å². The van der Waals surface area contributed by atoms with Crippen LogP contribution in [0.2, 0.25) is 0 Å². The van der Waals surface area contributed by atoms with E-state index in [4.69, 9.17) is 9.47 Å². The molecule has 4 amide bonds. The van der Waals surface area contributed by atoms with Crippen molar-refractivity contribution >= 4 is 24.0 Å². The average molecular weight is 473 g/mol. The van der Waals surface area contributed by atoms with E-state index in [1.165, 1.54) is 0 Å². The van der Waals surface area contributed by atoms with Crippen LogP contribution in [0.1, 0.15) is 75.7 Å². The molecule has 0 aromatic carbocycles. The lowest BCUT2D eigenvalue weighted by molar-refractivity contribution is -0.124.